The molecule has 1 atom stereocenters. The molecule has 3 heterocycles. The van der Waals surface area contributed by atoms with E-state index in [0.717, 1.165) is 18.8 Å². The number of carbonyl (C=O) groups is 1. The van der Waals surface area contributed by atoms with Gasteiger partial charge in [0.25, 0.3) is 5.91 Å². The number of hydrogen-bond acceptors (Lipinski definition) is 4. The molecule has 1 aliphatic heterocycles. The normalized spacial score (nSPS) is 16.9. The molecule has 0 spiro atoms. The van der Waals surface area contributed by atoms with E-state index in [1.165, 1.54) is 25.5 Å². The van der Waals surface area contributed by atoms with Crippen LogP contribution >= 0.6 is 11.6 Å². The van der Waals surface area contributed by atoms with Crippen molar-refractivity contribution < 1.29 is 9.21 Å². The summed E-state index contributed by atoms with van der Waals surface area (Å²) in [4.78, 5) is 18.6. The number of nitrogens with one attached hydrogen (secondary N) is 1. The van der Waals surface area contributed by atoms with E-state index in [9.17, 15) is 4.79 Å². The Morgan fingerprint density at radius 2 is 2.13 bits per heavy atom. The van der Waals surface area contributed by atoms with Crippen molar-refractivity contribution in [2.75, 3.05) is 19.6 Å². The van der Waals surface area contributed by atoms with Crippen LogP contribution in [0.2, 0.25) is 5.15 Å². The number of piperidine rings is 1. The van der Waals surface area contributed by atoms with Gasteiger partial charge in [0, 0.05) is 12.7 Å². The lowest BCUT2D eigenvalue weighted by molar-refractivity contribution is 0.0914. The van der Waals surface area contributed by atoms with E-state index in [1.807, 2.05) is 12.1 Å². The Balaban J connectivity index is 1.66. The summed E-state index contributed by atoms with van der Waals surface area (Å²) < 4.78 is 5.58. The van der Waals surface area contributed by atoms with Crippen molar-refractivity contribution in [3.63, 3.8) is 0 Å². The zero-order valence-electron chi connectivity index (χ0n) is 12.9. The van der Waals surface area contributed by atoms with Crippen molar-refractivity contribution in [3.05, 3.63) is 53.2 Å². The van der Waals surface area contributed by atoms with Crippen molar-refractivity contribution in [2.24, 2.45) is 0 Å². The fourth-order valence-corrected chi connectivity index (χ4v) is 3.03. The van der Waals surface area contributed by atoms with Crippen LogP contribution in [0.4, 0.5) is 0 Å². The smallest absolute Gasteiger partial charge is 0.252 e. The van der Waals surface area contributed by atoms with E-state index < -0.39 is 0 Å². The average Bonchev–Trinajstić information content (AvgIpc) is 3.11. The van der Waals surface area contributed by atoms with Gasteiger partial charge in [0.15, 0.2) is 0 Å². The third kappa shape index (κ3) is 4.12. The summed E-state index contributed by atoms with van der Waals surface area (Å²) in [5.74, 6) is 0.740. The molecule has 5 nitrogen and oxygen atoms in total. The van der Waals surface area contributed by atoms with E-state index in [2.05, 4.69) is 15.2 Å². The number of pyridine rings is 1. The second-order valence-electron chi connectivity index (χ2n) is 5.71. The van der Waals surface area contributed by atoms with Gasteiger partial charge in [0.1, 0.15) is 10.9 Å². The van der Waals surface area contributed by atoms with Gasteiger partial charge in [-0.2, -0.15) is 0 Å². The molecule has 23 heavy (non-hydrogen) atoms. The van der Waals surface area contributed by atoms with Crippen molar-refractivity contribution in [1.29, 1.82) is 0 Å². The van der Waals surface area contributed by atoms with Crippen molar-refractivity contribution >= 4 is 17.5 Å². The van der Waals surface area contributed by atoms with Gasteiger partial charge in [-0.3, -0.25) is 9.69 Å². The first kappa shape index (κ1) is 16.0. The highest BCUT2D eigenvalue weighted by molar-refractivity contribution is 6.29. The summed E-state index contributed by atoms with van der Waals surface area (Å²) in [6.45, 7) is 2.57. The lowest BCUT2D eigenvalue weighted by Crippen LogP contribution is -2.40. The molecule has 0 aliphatic carbocycles. The van der Waals surface area contributed by atoms with Crippen LogP contribution in [0, 0.1) is 0 Å². The van der Waals surface area contributed by atoms with Crippen LogP contribution in [0.5, 0.6) is 0 Å². The molecule has 1 amide bonds. The van der Waals surface area contributed by atoms with Crippen LogP contribution < -0.4 is 5.32 Å². The SMILES string of the molecule is O=C(NCC(c1ccco1)N1CCCCC1)c1ccc(Cl)nc1. The number of halogens is 1. The van der Waals surface area contributed by atoms with Gasteiger partial charge in [-0.1, -0.05) is 18.0 Å². The van der Waals surface area contributed by atoms with E-state index in [0.29, 0.717) is 17.3 Å². The second kappa shape index (κ2) is 7.62. The number of furan rings is 1. The molecule has 6 heteroatoms. The number of aromatic nitrogens is 1. The van der Waals surface area contributed by atoms with Gasteiger partial charge in [-0.05, 0) is 50.2 Å². The molecule has 2 aromatic rings. The van der Waals surface area contributed by atoms with Gasteiger partial charge in [-0.15, -0.1) is 0 Å². The molecular weight excluding hydrogens is 314 g/mol. The Morgan fingerprint density at radius 1 is 1.30 bits per heavy atom. The van der Waals surface area contributed by atoms with E-state index in [-0.39, 0.29) is 11.9 Å². The fourth-order valence-electron chi connectivity index (χ4n) is 2.92. The number of hydrogen-bond donors (Lipinski definition) is 1. The summed E-state index contributed by atoms with van der Waals surface area (Å²) >= 11 is 5.75. The summed E-state index contributed by atoms with van der Waals surface area (Å²) in [6, 6.07) is 7.21. The van der Waals surface area contributed by atoms with Crippen molar-refractivity contribution in [2.45, 2.75) is 25.3 Å². The maximum Gasteiger partial charge on any atom is 0.252 e. The van der Waals surface area contributed by atoms with Gasteiger partial charge in [0.05, 0.1) is 17.9 Å². The Labute approximate surface area is 140 Å². The molecule has 3 rings (SSSR count). The number of amides is 1. The Morgan fingerprint density at radius 3 is 2.78 bits per heavy atom. The monoisotopic (exact) mass is 333 g/mol. The van der Waals surface area contributed by atoms with Gasteiger partial charge in [-0.25, -0.2) is 4.98 Å². The number of rotatable bonds is 5. The third-order valence-electron chi connectivity index (χ3n) is 4.15. The van der Waals surface area contributed by atoms with Crippen LogP contribution in [0.25, 0.3) is 0 Å². The zero-order valence-corrected chi connectivity index (χ0v) is 13.6. The second-order valence-corrected chi connectivity index (χ2v) is 6.09. The van der Waals surface area contributed by atoms with Gasteiger partial charge >= 0.3 is 0 Å². The molecular formula is C17H20ClN3O2. The molecule has 2 aromatic heterocycles. The third-order valence-corrected chi connectivity index (χ3v) is 4.37. The number of carbonyl (C=O) groups excluding carboxylic acids is 1. The highest BCUT2D eigenvalue weighted by atomic mass is 35.5. The molecule has 1 aliphatic rings. The molecule has 0 saturated carbocycles. The van der Waals surface area contributed by atoms with Crippen molar-refractivity contribution in [1.82, 2.24) is 15.2 Å². The summed E-state index contributed by atoms with van der Waals surface area (Å²) in [5, 5.41) is 3.36. The molecule has 1 saturated heterocycles. The van der Waals surface area contributed by atoms with Crippen LogP contribution in [-0.4, -0.2) is 35.4 Å². The first-order valence-electron chi connectivity index (χ1n) is 7.91. The minimum Gasteiger partial charge on any atom is -0.468 e. The topological polar surface area (TPSA) is 58.4 Å². The van der Waals surface area contributed by atoms with Gasteiger partial charge in [0.2, 0.25) is 0 Å². The highest BCUT2D eigenvalue weighted by Crippen LogP contribution is 2.24. The number of likely N-dealkylation sites (tertiary alicyclic amines) is 1. The van der Waals surface area contributed by atoms with Crippen LogP contribution in [0.3, 0.4) is 0 Å². The van der Waals surface area contributed by atoms with Crippen LogP contribution in [0.1, 0.15) is 41.4 Å². The minimum absolute atomic E-state index is 0.0644. The first-order valence-corrected chi connectivity index (χ1v) is 8.29. The largest absolute Gasteiger partial charge is 0.468 e. The lowest BCUT2D eigenvalue weighted by Gasteiger charge is -2.33. The first-order chi connectivity index (χ1) is 11.2. The summed E-state index contributed by atoms with van der Waals surface area (Å²) in [5.41, 5.74) is 0.506. The maximum absolute atomic E-state index is 12.3. The van der Waals surface area contributed by atoms with E-state index >= 15 is 0 Å². The fraction of sp³-hybridized carbons (Fsp3) is 0.412. The zero-order chi connectivity index (χ0) is 16.1. The molecule has 0 bridgehead atoms. The molecule has 1 N–H and O–H groups in total. The van der Waals surface area contributed by atoms with E-state index in [4.69, 9.17) is 16.0 Å². The Hall–Kier alpha value is -1.85. The predicted octanol–water partition coefficient (Wildman–Crippen LogP) is 3.29. The lowest BCUT2D eigenvalue weighted by atomic mass is 10.1. The average molecular weight is 334 g/mol. The van der Waals surface area contributed by atoms with Crippen molar-refractivity contribution in [3.8, 4) is 0 Å². The Kier molecular flexibility index (Phi) is 5.31. The molecule has 0 aromatic carbocycles. The number of nitrogens with zero attached hydrogens (tertiary/aromatic N) is 2. The molecule has 1 fully saturated rings. The standard InChI is InChI=1S/C17H20ClN3O2/c18-16-7-6-13(11-19-16)17(22)20-12-14(15-5-4-10-23-15)21-8-2-1-3-9-21/h4-7,10-11,14H,1-3,8-9,12H2,(H,20,22). The Bertz CT molecular complexity index is 622. The predicted molar refractivity (Wildman–Crippen MR) is 88.5 cm³/mol. The molecule has 0 radical (unpaired) electrons. The quantitative estimate of drug-likeness (QED) is 0.853. The summed E-state index contributed by atoms with van der Waals surface area (Å²) in [6.07, 6.45) is 6.81. The van der Waals surface area contributed by atoms with Crippen LogP contribution in [0.15, 0.2) is 41.1 Å². The minimum atomic E-state index is -0.150. The maximum atomic E-state index is 12.3. The molecule has 122 valence electrons. The molecule has 1 unspecified atom stereocenters. The highest BCUT2D eigenvalue weighted by Gasteiger charge is 2.25. The van der Waals surface area contributed by atoms with Gasteiger partial charge < -0.3 is 9.73 Å². The van der Waals surface area contributed by atoms with E-state index in [1.54, 1.807) is 18.4 Å². The summed E-state index contributed by atoms with van der Waals surface area (Å²) in [7, 11) is 0. The van der Waals surface area contributed by atoms with Crippen LogP contribution in [-0.2, 0) is 0 Å².